The summed E-state index contributed by atoms with van der Waals surface area (Å²) in [4.78, 5) is 10.5. The average molecular weight is 221 g/mol. The Bertz CT molecular complexity index is 385. The SMILES string of the molecule is CN(c1cnc(C(N)=NO)cn1)C1CCC1. The average Bonchev–Trinajstić information content (AvgIpc) is 2.26. The summed E-state index contributed by atoms with van der Waals surface area (Å²) in [5.41, 5.74) is 5.78. The summed E-state index contributed by atoms with van der Waals surface area (Å²) in [7, 11) is 2.01. The molecule has 1 aromatic heterocycles. The van der Waals surface area contributed by atoms with Crippen molar-refractivity contribution in [3.63, 3.8) is 0 Å². The van der Waals surface area contributed by atoms with Gasteiger partial charge in [-0.25, -0.2) is 9.97 Å². The molecule has 86 valence electrons. The summed E-state index contributed by atoms with van der Waals surface area (Å²) in [6.07, 6.45) is 6.86. The van der Waals surface area contributed by atoms with Gasteiger partial charge in [-0.15, -0.1) is 0 Å². The van der Waals surface area contributed by atoms with Crippen LogP contribution in [0.3, 0.4) is 0 Å². The van der Waals surface area contributed by atoms with E-state index in [1.165, 1.54) is 25.5 Å². The minimum absolute atomic E-state index is 0.0228. The Morgan fingerprint density at radius 1 is 1.50 bits per heavy atom. The highest BCUT2D eigenvalue weighted by Gasteiger charge is 2.23. The molecule has 0 spiro atoms. The zero-order valence-electron chi connectivity index (χ0n) is 9.17. The highest BCUT2D eigenvalue weighted by atomic mass is 16.4. The lowest BCUT2D eigenvalue weighted by atomic mass is 9.92. The molecule has 0 aromatic carbocycles. The smallest absolute Gasteiger partial charge is 0.190 e. The van der Waals surface area contributed by atoms with Crippen molar-refractivity contribution in [3.05, 3.63) is 18.1 Å². The van der Waals surface area contributed by atoms with E-state index in [0.717, 1.165) is 5.82 Å². The van der Waals surface area contributed by atoms with Crippen LogP contribution in [0.25, 0.3) is 0 Å². The fraction of sp³-hybridized carbons (Fsp3) is 0.500. The third-order valence-corrected chi connectivity index (χ3v) is 2.99. The number of hydrogen-bond donors (Lipinski definition) is 2. The van der Waals surface area contributed by atoms with Crippen LogP contribution in [0.1, 0.15) is 25.0 Å². The number of amidine groups is 1. The number of aromatic nitrogens is 2. The number of anilines is 1. The van der Waals surface area contributed by atoms with E-state index in [2.05, 4.69) is 20.0 Å². The molecule has 1 aliphatic carbocycles. The van der Waals surface area contributed by atoms with E-state index in [1.54, 1.807) is 6.20 Å². The molecule has 0 amide bonds. The van der Waals surface area contributed by atoms with E-state index in [9.17, 15) is 0 Å². The van der Waals surface area contributed by atoms with Gasteiger partial charge in [-0.3, -0.25) is 0 Å². The number of rotatable bonds is 3. The zero-order chi connectivity index (χ0) is 11.5. The van der Waals surface area contributed by atoms with Crippen LogP contribution in [0.4, 0.5) is 5.82 Å². The summed E-state index contributed by atoms with van der Waals surface area (Å²) in [5, 5.41) is 11.4. The third kappa shape index (κ3) is 1.91. The molecule has 6 nitrogen and oxygen atoms in total. The second kappa shape index (κ2) is 4.34. The maximum Gasteiger partial charge on any atom is 0.190 e. The Labute approximate surface area is 93.8 Å². The monoisotopic (exact) mass is 221 g/mol. The molecule has 0 aliphatic heterocycles. The quantitative estimate of drug-likeness (QED) is 0.337. The van der Waals surface area contributed by atoms with Crippen molar-refractivity contribution in [2.24, 2.45) is 10.9 Å². The molecule has 1 aromatic rings. The van der Waals surface area contributed by atoms with Crippen LogP contribution in [0.15, 0.2) is 17.5 Å². The molecule has 1 aliphatic rings. The van der Waals surface area contributed by atoms with E-state index in [1.807, 2.05) is 7.05 Å². The maximum absolute atomic E-state index is 8.49. The Kier molecular flexibility index (Phi) is 2.89. The van der Waals surface area contributed by atoms with Crippen molar-refractivity contribution < 1.29 is 5.21 Å². The fourth-order valence-corrected chi connectivity index (χ4v) is 1.65. The summed E-state index contributed by atoms with van der Waals surface area (Å²) in [6.45, 7) is 0. The maximum atomic E-state index is 8.49. The molecule has 0 radical (unpaired) electrons. The first-order valence-electron chi connectivity index (χ1n) is 5.25. The van der Waals surface area contributed by atoms with Crippen molar-refractivity contribution in [1.29, 1.82) is 0 Å². The highest BCUT2D eigenvalue weighted by molar-refractivity contribution is 5.94. The zero-order valence-corrected chi connectivity index (χ0v) is 9.17. The van der Waals surface area contributed by atoms with Crippen LogP contribution in [0.5, 0.6) is 0 Å². The van der Waals surface area contributed by atoms with Crippen LogP contribution in [0, 0.1) is 0 Å². The molecule has 1 fully saturated rings. The topological polar surface area (TPSA) is 87.6 Å². The molecule has 3 N–H and O–H groups in total. The predicted molar refractivity (Wildman–Crippen MR) is 60.6 cm³/mol. The second-order valence-electron chi connectivity index (χ2n) is 3.94. The summed E-state index contributed by atoms with van der Waals surface area (Å²) in [5.74, 6) is 0.796. The standard InChI is InChI=1S/C10H15N5O/c1-15(7-3-2-4-7)9-6-12-8(5-13-9)10(11)14-16/h5-7,16H,2-4H2,1H3,(H2,11,14). The van der Waals surface area contributed by atoms with E-state index >= 15 is 0 Å². The Morgan fingerprint density at radius 2 is 2.25 bits per heavy atom. The van der Waals surface area contributed by atoms with Gasteiger partial charge in [-0.2, -0.15) is 0 Å². The largest absolute Gasteiger partial charge is 0.409 e. The van der Waals surface area contributed by atoms with Gasteiger partial charge in [0.25, 0.3) is 0 Å². The van der Waals surface area contributed by atoms with Crippen LogP contribution >= 0.6 is 0 Å². The highest BCUT2D eigenvalue weighted by Crippen LogP contribution is 2.26. The van der Waals surface area contributed by atoms with Gasteiger partial charge < -0.3 is 15.8 Å². The molecule has 0 atom stereocenters. The molecule has 0 saturated heterocycles. The normalized spacial score (nSPS) is 16.9. The minimum Gasteiger partial charge on any atom is -0.409 e. The molecule has 1 heterocycles. The number of oxime groups is 1. The van der Waals surface area contributed by atoms with Crippen molar-refractivity contribution >= 4 is 11.7 Å². The lowest BCUT2D eigenvalue weighted by Gasteiger charge is -2.35. The van der Waals surface area contributed by atoms with Gasteiger partial charge >= 0.3 is 0 Å². The van der Waals surface area contributed by atoms with Crippen molar-refractivity contribution in [2.75, 3.05) is 11.9 Å². The Hall–Kier alpha value is -1.85. The number of hydrogen-bond acceptors (Lipinski definition) is 5. The molecule has 0 unspecified atom stereocenters. The first-order valence-corrected chi connectivity index (χ1v) is 5.25. The number of nitrogens with zero attached hydrogens (tertiary/aromatic N) is 4. The molecule has 16 heavy (non-hydrogen) atoms. The molecule has 1 saturated carbocycles. The van der Waals surface area contributed by atoms with Crippen LogP contribution in [0.2, 0.25) is 0 Å². The first-order chi connectivity index (χ1) is 7.72. The molecule has 6 heteroatoms. The van der Waals surface area contributed by atoms with Crippen LogP contribution in [-0.4, -0.2) is 34.1 Å². The molecular formula is C10H15N5O. The van der Waals surface area contributed by atoms with Gasteiger partial charge in [-0.05, 0) is 19.3 Å². The van der Waals surface area contributed by atoms with E-state index in [-0.39, 0.29) is 5.84 Å². The van der Waals surface area contributed by atoms with Crippen molar-refractivity contribution in [2.45, 2.75) is 25.3 Å². The Balaban J connectivity index is 2.12. The lowest BCUT2D eigenvalue weighted by molar-refractivity contribution is 0.318. The molecule has 0 bridgehead atoms. The lowest BCUT2D eigenvalue weighted by Crippen LogP contribution is -2.37. The minimum atomic E-state index is -0.0228. The van der Waals surface area contributed by atoms with Gasteiger partial charge in [0.05, 0.1) is 12.4 Å². The van der Waals surface area contributed by atoms with Gasteiger partial charge in [-0.1, -0.05) is 5.16 Å². The van der Waals surface area contributed by atoms with Gasteiger partial charge in [0, 0.05) is 13.1 Å². The fourth-order valence-electron chi connectivity index (χ4n) is 1.65. The Morgan fingerprint density at radius 3 is 2.69 bits per heavy atom. The van der Waals surface area contributed by atoms with Crippen molar-refractivity contribution in [1.82, 2.24) is 9.97 Å². The van der Waals surface area contributed by atoms with Crippen LogP contribution < -0.4 is 10.6 Å². The van der Waals surface area contributed by atoms with E-state index in [0.29, 0.717) is 11.7 Å². The van der Waals surface area contributed by atoms with E-state index in [4.69, 9.17) is 10.9 Å². The molecule has 2 rings (SSSR count). The number of nitrogens with two attached hydrogens (primary N) is 1. The summed E-state index contributed by atoms with van der Waals surface area (Å²) in [6, 6.07) is 0.573. The van der Waals surface area contributed by atoms with Gasteiger partial charge in [0.2, 0.25) is 0 Å². The second-order valence-corrected chi connectivity index (χ2v) is 3.94. The first kappa shape index (κ1) is 10.7. The van der Waals surface area contributed by atoms with Gasteiger partial charge in [0.15, 0.2) is 5.84 Å². The van der Waals surface area contributed by atoms with Gasteiger partial charge in [0.1, 0.15) is 11.5 Å². The molecular weight excluding hydrogens is 206 g/mol. The predicted octanol–water partition coefficient (Wildman–Crippen LogP) is 0.560. The van der Waals surface area contributed by atoms with Crippen LogP contribution in [-0.2, 0) is 0 Å². The summed E-state index contributed by atoms with van der Waals surface area (Å²) < 4.78 is 0. The summed E-state index contributed by atoms with van der Waals surface area (Å²) >= 11 is 0. The van der Waals surface area contributed by atoms with E-state index < -0.39 is 0 Å². The van der Waals surface area contributed by atoms with Crippen molar-refractivity contribution in [3.8, 4) is 0 Å². The third-order valence-electron chi connectivity index (χ3n) is 2.99.